The Morgan fingerprint density at radius 2 is 1.83 bits per heavy atom. The van der Waals surface area contributed by atoms with Crippen LogP contribution >= 0.6 is 0 Å². The van der Waals surface area contributed by atoms with Crippen molar-refractivity contribution in [1.29, 1.82) is 0 Å². The molecule has 3 rings (SSSR count). The number of fused-ring (bicyclic) bond motifs is 1. The monoisotopic (exact) mass is 393 g/mol. The SMILES string of the molecule is Cc1ccc(CN(C)C(=O)COC(=O)CCc2nc3ccccc3c(=O)[nH]2)cc1. The van der Waals surface area contributed by atoms with Crippen molar-refractivity contribution in [3.05, 3.63) is 75.8 Å². The predicted molar refractivity (Wildman–Crippen MR) is 109 cm³/mol. The first-order valence-electron chi connectivity index (χ1n) is 9.35. The van der Waals surface area contributed by atoms with Crippen molar-refractivity contribution in [3.8, 4) is 0 Å². The lowest BCUT2D eigenvalue weighted by Crippen LogP contribution is -2.30. The topological polar surface area (TPSA) is 92.4 Å². The highest BCUT2D eigenvalue weighted by atomic mass is 16.5. The maximum Gasteiger partial charge on any atom is 0.306 e. The van der Waals surface area contributed by atoms with Gasteiger partial charge in [0.15, 0.2) is 6.61 Å². The number of nitrogens with one attached hydrogen (secondary N) is 1. The highest BCUT2D eigenvalue weighted by Gasteiger charge is 2.13. The van der Waals surface area contributed by atoms with Crippen LogP contribution in [0.2, 0.25) is 0 Å². The van der Waals surface area contributed by atoms with E-state index in [0.717, 1.165) is 11.1 Å². The molecule has 7 heteroatoms. The van der Waals surface area contributed by atoms with E-state index < -0.39 is 5.97 Å². The second-order valence-corrected chi connectivity index (χ2v) is 6.93. The van der Waals surface area contributed by atoms with Crippen molar-refractivity contribution in [2.75, 3.05) is 13.7 Å². The number of aromatic amines is 1. The molecule has 0 unspecified atom stereocenters. The van der Waals surface area contributed by atoms with Crippen LogP contribution in [-0.4, -0.2) is 40.4 Å². The van der Waals surface area contributed by atoms with Crippen LogP contribution in [0.3, 0.4) is 0 Å². The summed E-state index contributed by atoms with van der Waals surface area (Å²) in [5, 5.41) is 0.501. The molecule has 150 valence electrons. The minimum Gasteiger partial charge on any atom is -0.456 e. The summed E-state index contributed by atoms with van der Waals surface area (Å²) in [7, 11) is 1.67. The summed E-state index contributed by atoms with van der Waals surface area (Å²) < 4.78 is 5.07. The molecule has 3 aromatic rings. The highest BCUT2D eigenvalue weighted by Crippen LogP contribution is 2.08. The number of ether oxygens (including phenoxy) is 1. The lowest BCUT2D eigenvalue weighted by atomic mass is 10.1. The number of amides is 1. The smallest absolute Gasteiger partial charge is 0.306 e. The van der Waals surface area contributed by atoms with E-state index in [1.54, 1.807) is 31.3 Å². The van der Waals surface area contributed by atoms with Crippen molar-refractivity contribution < 1.29 is 14.3 Å². The molecule has 2 aromatic carbocycles. The molecule has 0 saturated carbocycles. The molecule has 1 N–H and O–H groups in total. The fraction of sp³-hybridized carbons (Fsp3) is 0.273. The van der Waals surface area contributed by atoms with Gasteiger partial charge < -0.3 is 14.6 Å². The van der Waals surface area contributed by atoms with Crippen LogP contribution in [0.4, 0.5) is 0 Å². The maximum absolute atomic E-state index is 12.2. The number of rotatable bonds is 7. The van der Waals surface area contributed by atoms with Gasteiger partial charge in [-0.25, -0.2) is 4.98 Å². The third-order valence-corrected chi connectivity index (χ3v) is 4.55. The number of likely N-dealkylation sites (N-methyl/N-ethyl adjacent to an activating group) is 1. The number of aryl methyl sites for hydroxylation is 2. The fourth-order valence-corrected chi connectivity index (χ4v) is 2.85. The lowest BCUT2D eigenvalue weighted by molar-refractivity contribution is -0.151. The van der Waals surface area contributed by atoms with Crippen LogP contribution < -0.4 is 5.56 Å². The quantitative estimate of drug-likeness (QED) is 0.622. The first-order valence-corrected chi connectivity index (χ1v) is 9.35. The van der Waals surface area contributed by atoms with Crippen molar-refractivity contribution >= 4 is 22.8 Å². The van der Waals surface area contributed by atoms with Crippen LogP contribution in [0.5, 0.6) is 0 Å². The number of nitrogens with zero attached hydrogens (tertiary/aromatic N) is 2. The average molecular weight is 393 g/mol. The number of benzene rings is 2. The number of carbonyl (C=O) groups excluding carboxylic acids is 2. The summed E-state index contributed by atoms with van der Waals surface area (Å²) in [5.41, 5.74) is 2.49. The second-order valence-electron chi connectivity index (χ2n) is 6.93. The highest BCUT2D eigenvalue weighted by molar-refractivity contribution is 5.80. The van der Waals surface area contributed by atoms with Gasteiger partial charge in [0.2, 0.25) is 0 Å². The van der Waals surface area contributed by atoms with Crippen LogP contribution in [0, 0.1) is 6.92 Å². The van der Waals surface area contributed by atoms with Crippen LogP contribution in [0.25, 0.3) is 10.9 Å². The molecule has 0 spiro atoms. The fourth-order valence-electron chi connectivity index (χ4n) is 2.85. The third kappa shape index (κ3) is 5.51. The van der Waals surface area contributed by atoms with Gasteiger partial charge in [0.25, 0.3) is 11.5 Å². The zero-order valence-electron chi connectivity index (χ0n) is 16.5. The Morgan fingerprint density at radius 1 is 1.10 bits per heavy atom. The summed E-state index contributed by atoms with van der Waals surface area (Å²) in [4.78, 5) is 44.7. The summed E-state index contributed by atoms with van der Waals surface area (Å²) in [6.45, 7) is 2.13. The van der Waals surface area contributed by atoms with E-state index in [1.165, 1.54) is 4.90 Å². The molecule has 1 amide bonds. The van der Waals surface area contributed by atoms with Crippen molar-refractivity contribution in [3.63, 3.8) is 0 Å². The van der Waals surface area contributed by atoms with Crippen molar-refractivity contribution in [2.45, 2.75) is 26.3 Å². The van der Waals surface area contributed by atoms with Gasteiger partial charge in [-0.2, -0.15) is 0 Å². The largest absolute Gasteiger partial charge is 0.456 e. The molecule has 0 saturated heterocycles. The molecular formula is C22H23N3O4. The normalized spacial score (nSPS) is 10.7. The second kappa shape index (κ2) is 9.14. The Balaban J connectivity index is 1.47. The predicted octanol–water partition coefficient (Wildman–Crippen LogP) is 2.37. The molecule has 0 fully saturated rings. The van der Waals surface area contributed by atoms with E-state index in [0.29, 0.717) is 23.3 Å². The van der Waals surface area contributed by atoms with E-state index in [4.69, 9.17) is 4.74 Å². The Hall–Kier alpha value is -3.48. The van der Waals surface area contributed by atoms with Crippen molar-refractivity contribution in [1.82, 2.24) is 14.9 Å². The minimum atomic E-state index is -0.516. The molecule has 1 aromatic heterocycles. The third-order valence-electron chi connectivity index (χ3n) is 4.55. The first kappa shape index (κ1) is 20.3. The summed E-state index contributed by atoms with van der Waals surface area (Å²) >= 11 is 0. The van der Waals surface area contributed by atoms with E-state index in [9.17, 15) is 14.4 Å². The molecule has 0 atom stereocenters. The number of hydrogen-bond donors (Lipinski definition) is 1. The molecule has 7 nitrogen and oxygen atoms in total. The Labute approximate surface area is 168 Å². The lowest BCUT2D eigenvalue weighted by Gasteiger charge is -2.17. The first-order chi connectivity index (χ1) is 13.9. The zero-order valence-corrected chi connectivity index (χ0v) is 16.5. The zero-order chi connectivity index (χ0) is 20.8. The van der Waals surface area contributed by atoms with Gasteiger partial charge in [-0.05, 0) is 24.6 Å². The van der Waals surface area contributed by atoms with Crippen LogP contribution in [-0.2, 0) is 27.3 Å². The van der Waals surface area contributed by atoms with Gasteiger partial charge in [-0.1, -0.05) is 42.0 Å². The average Bonchev–Trinajstić information content (AvgIpc) is 2.72. The van der Waals surface area contributed by atoms with Gasteiger partial charge in [0.1, 0.15) is 5.82 Å². The van der Waals surface area contributed by atoms with Gasteiger partial charge in [0, 0.05) is 20.0 Å². The summed E-state index contributed by atoms with van der Waals surface area (Å²) in [5.74, 6) is -0.387. The summed E-state index contributed by atoms with van der Waals surface area (Å²) in [6, 6.07) is 14.9. The number of carbonyl (C=O) groups is 2. The van der Waals surface area contributed by atoms with E-state index in [2.05, 4.69) is 9.97 Å². The van der Waals surface area contributed by atoms with Crippen LogP contribution in [0.15, 0.2) is 53.3 Å². The Kier molecular flexibility index (Phi) is 6.39. The van der Waals surface area contributed by atoms with Gasteiger partial charge in [-0.15, -0.1) is 0 Å². The van der Waals surface area contributed by atoms with E-state index >= 15 is 0 Å². The molecule has 0 bridgehead atoms. The molecule has 1 heterocycles. The molecule has 0 aliphatic carbocycles. The molecule has 0 aliphatic rings. The summed E-state index contributed by atoms with van der Waals surface area (Å²) in [6.07, 6.45) is 0.253. The Bertz CT molecular complexity index is 1070. The van der Waals surface area contributed by atoms with E-state index in [-0.39, 0.29) is 30.9 Å². The maximum atomic E-state index is 12.2. The number of esters is 1. The minimum absolute atomic E-state index is 0.0240. The van der Waals surface area contributed by atoms with Gasteiger partial charge >= 0.3 is 5.97 Å². The molecule has 0 aliphatic heterocycles. The standard InChI is InChI=1S/C22H23N3O4/c1-15-7-9-16(10-8-15)13-25(2)20(26)14-29-21(27)12-11-19-23-18-6-4-3-5-17(18)22(28)24-19/h3-10H,11-14H2,1-2H3,(H,23,24,28). The van der Waals surface area contributed by atoms with E-state index in [1.807, 2.05) is 31.2 Å². The number of aromatic nitrogens is 2. The van der Waals surface area contributed by atoms with Gasteiger partial charge in [0.05, 0.1) is 17.3 Å². The molecule has 0 radical (unpaired) electrons. The number of para-hydroxylation sites is 1. The number of H-pyrrole nitrogens is 1. The van der Waals surface area contributed by atoms with Gasteiger partial charge in [-0.3, -0.25) is 14.4 Å². The molecular weight excluding hydrogens is 370 g/mol. The molecule has 29 heavy (non-hydrogen) atoms. The number of hydrogen-bond acceptors (Lipinski definition) is 5. The van der Waals surface area contributed by atoms with Crippen LogP contribution in [0.1, 0.15) is 23.4 Å². The Morgan fingerprint density at radius 3 is 2.59 bits per heavy atom. The van der Waals surface area contributed by atoms with Crippen molar-refractivity contribution in [2.24, 2.45) is 0 Å².